The van der Waals surface area contributed by atoms with E-state index in [-0.39, 0.29) is 26.1 Å². The van der Waals surface area contributed by atoms with Crippen LogP contribution < -0.4 is 0 Å². The minimum atomic E-state index is -1.11. The lowest BCUT2D eigenvalue weighted by atomic mass is 9.96. The number of carbonyl (C=O) groups excluding carboxylic acids is 2. The number of ether oxygens (including phenoxy) is 2. The third kappa shape index (κ3) is 6.06. The molecule has 0 aliphatic rings. The molecule has 0 spiro atoms. The fraction of sp³-hybridized carbons (Fsp3) is 0.667. The van der Waals surface area contributed by atoms with Crippen molar-refractivity contribution < 1.29 is 24.2 Å². The molecule has 0 rings (SSSR count). The normalized spacial score (nSPS) is 13.6. The second kappa shape index (κ2) is 8.75. The van der Waals surface area contributed by atoms with E-state index in [9.17, 15) is 14.7 Å². The van der Waals surface area contributed by atoms with Crippen LogP contribution in [0.1, 0.15) is 26.7 Å². The van der Waals surface area contributed by atoms with Crippen molar-refractivity contribution >= 4 is 11.9 Å². The van der Waals surface area contributed by atoms with Gasteiger partial charge in [-0.2, -0.15) is 0 Å². The molecular weight excluding hydrogens is 224 g/mol. The maximum absolute atomic E-state index is 11.5. The van der Waals surface area contributed by atoms with Crippen LogP contribution in [0.2, 0.25) is 0 Å². The lowest BCUT2D eigenvalue weighted by Gasteiger charge is -2.19. The molecule has 0 saturated carbocycles. The van der Waals surface area contributed by atoms with Gasteiger partial charge in [-0.3, -0.25) is 9.59 Å². The van der Waals surface area contributed by atoms with Crippen molar-refractivity contribution in [2.75, 3.05) is 13.2 Å². The van der Waals surface area contributed by atoms with Gasteiger partial charge >= 0.3 is 11.9 Å². The highest BCUT2D eigenvalue weighted by Crippen LogP contribution is 2.15. The molecule has 5 heteroatoms. The molecule has 0 unspecified atom stereocenters. The van der Waals surface area contributed by atoms with E-state index in [1.807, 2.05) is 0 Å². The summed E-state index contributed by atoms with van der Waals surface area (Å²) in [4.78, 5) is 22.7. The summed E-state index contributed by atoms with van der Waals surface area (Å²) >= 11 is 0. The SMILES string of the molecule is C=CC[C@@H](C(=O)OCC)[C@@H](O)CC(=O)OCC. The molecule has 0 aromatic heterocycles. The molecule has 17 heavy (non-hydrogen) atoms. The van der Waals surface area contributed by atoms with Crippen LogP contribution in [0.3, 0.4) is 0 Å². The van der Waals surface area contributed by atoms with Crippen LogP contribution in [0, 0.1) is 5.92 Å². The average molecular weight is 244 g/mol. The first-order valence-electron chi connectivity index (χ1n) is 5.67. The van der Waals surface area contributed by atoms with Gasteiger partial charge in [0.1, 0.15) is 0 Å². The maximum atomic E-state index is 11.5. The van der Waals surface area contributed by atoms with Crippen LogP contribution in [0.5, 0.6) is 0 Å². The van der Waals surface area contributed by atoms with Gasteiger partial charge in [0.25, 0.3) is 0 Å². The molecule has 2 atom stereocenters. The summed E-state index contributed by atoms with van der Waals surface area (Å²) in [5.74, 6) is -1.82. The molecule has 0 aromatic rings. The van der Waals surface area contributed by atoms with Gasteiger partial charge in [-0.25, -0.2) is 0 Å². The zero-order chi connectivity index (χ0) is 13.3. The molecule has 0 aliphatic heterocycles. The van der Waals surface area contributed by atoms with Gasteiger partial charge in [0.15, 0.2) is 0 Å². The van der Waals surface area contributed by atoms with Crippen LogP contribution >= 0.6 is 0 Å². The molecule has 5 nitrogen and oxygen atoms in total. The third-order valence-electron chi connectivity index (χ3n) is 2.16. The number of aliphatic hydroxyl groups is 1. The van der Waals surface area contributed by atoms with Crippen molar-refractivity contribution in [1.29, 1.82) is 0 Å². The number of allylic oxidation sites excluding steroid dienone is 1. The van der Waals surface area contributed by atoms with Crippen molar-refractivity contribution in [3.8, 4) is 0 Å². The van der Waals surface area contributed by atoms with Gasteiger partial charge < -0.3 is 14.6 Å². The summed E-state index contributed by atoms with van der Waals surface area (Å²) < 4.78 is 9.52. The van der Waals surface area contributed by atoms with E-state index in [1.54, 1.807) is 13.8 Å². The summed E-state index contributed by atoms with van der Waals surface area (Å²) in [6.45, 7) is 7.35. The highest BCUT2D eigenvalue weighted by Gasteiger charge is 2.29. The topological polar surface area (TPSA) is 72.8 Å². The molecular formula is C12H20O5. The van der Waals surface area contributed by atoms with Crippen LogP contribution in [0.25, 0.3) is 0 Å². The zero-order valence-corrected chi connectivity index (χ0v) is 10.3. The van der Waals surface area contributed by atoms with Crippen molar-refractivity contribution in [2.45, 2.75) is 32.8 Å². The van der Waals surface area contributed by atoms with Gasteiger partial charge in [0.2, 0.25) is 0 Å². The summed E-state index contributed by atoms with van der Waals surface area (Å²) in [7, 11) is 0. The van der Waals surface area contributed by atoms with Crippen LogP contribution in [0.15, 0.2) is 12.7 Å². The molecule has 0 bridgehead atoms. The monoisotopic (exact) mass is 244 g/mol. The first-order chi connectivity index (χ1) is 8.06. The number of hydrogen-bond acceptors (Lipinski definition) is 5. The molecule has 0 heterocycles. The molecule has 0 aliphatic carbocycles. The maximum Gasteiger partial charge on any atom is 0.311 e. The highest BCUT2D eigenvalue weighted by molar-refractivity contribution is 5.76. The van der Waals surface area contributed by atoms with E-state index >= 15 is 0 Å². The second-order valence-electron chi connectivity index (χ2n) is 3.46. The molecule has 1 N–H and O–H groups in total. The predicted molar refractivity (Wildman–Crippen MR) is 62.2 cm³/mol. The van der Waals surface area contributed by atoms with Crippen LogP contribution in [-0.2, 0) is 19.1 Å². The Balaban J connectivity index is 4.42. The van der Waals surface area contributed by atoms with Crippen molar-refractivity contribution in [3.63, 3.8) is 0 Å². The van der Waals surface area contributed by atoms with Gasteiger partial charge in [-0.05, 0) is 20.3 Å². The first-order valence-corrected chi connectivity index (χ1v) is 5.67. The van der Waals surface area contributed by atoms with Crippen molar-refractivity contribution in [1.82, 2.24) is 0 Å². The molecule has 0 aromatic carbocycles. The summed E-state index contributed by atoms with van der Waals surface area (Å²) in [5.41, 5.74) is 0. The Bertz CT molecular complexity index is 262. The van der Waals surface area contributed by atoms with E-state index in [4.69, 9.17) is 9.47 Å². The van der Waals surface area contributed by atoms with Crippen molar-refractivity contribution in [3.05, 3.63) is 12.7 Å². The van der Waals surface area contributed by atoms with E-state index in [0.717, 1.165) is 0 Å². The van der Waals surface area contributed by atoms with Crippen LogP contribution in [-0.4, -0.2) is 36.4 Å². The number of carbonyl (C=O) groups is 2. The number of esters is 2. The standard InChI is InChI=1S/C12H20O5/c1-4-7-9(12(15)17-6-3)10(13)8-11(14)16-5-2/h4,9-10,13H,1,5-8H2,2-3H3/t9-,10+/m1/s1. The number of hydrogen-bond donors (Lipinski definition) is 1. The second-order valence-corrected chi connectivity index (χ2v) is 3.46. The largest absolute Gasteiger partial charge is 0.466 e. The highest BCUT2D eigenvalue weighted by atomic mass is 16.5. The zero-order valence-electron chi connectivity index (χ0n) is 10.3. The average Bonchev–Trinajstić information content (AvgIpc) is 2.26. The smallest absolute Gasteiger partial charge is 0.311 e. The minimum Gasteiger partial charge on any atom is -0.466 e. The Hall–Kier alpha value is -1.36. The van der Waals surface area contributed by atoms with Crippen molar-refractivity contribution in [2.24, 2.45) is 5.92 Å². The van der Waals surface area contributed by atoms with Gasteiger partial charge in [0, 0.05) is 0 Å². The van der Waals surface area contributed by atoms with Crippen LogP contribution in [0.4, 0.5) is 0 Å². The quantitative estimate of drug-likeness (QED) is 0.510. The third-order valence-corrected chi connectivity index (χ3v) is 2.16. The van der Waals surface area contributed by atoms with E-state index in [1.165, 1.54) is 6.08 Å². The van der Waals surface area contributed by atoms with E-state index < -0.39 is 24.0 Å². The molecule has 0 radical (unpaired) electrons. The predicted octanol–water partition coefficient (Wildman–Crippen LogP) is 1.06. The lowest BCUT2D eigenvalue weighted by Crippen LogP contribution is -2.32. The Morgan fingerprint density at radius 2 is 1.88 bits per heavy atom. The summed E-state index contributed by atoms with van der Waals surface area (Å²) in [6.07, 6.45) is 0.451. The van der Waals surface area contributed by atoms with E-state index in [2.05, 4.69) is 6.58 Å². The minimum absolute atomic E-state index is 0.217. The number of rotatable bonds is 8. The lowest BCUT2D eigenvalue weighted by molar-refractivity contribution is -0.154. The molecule has 0 fully saturated rings. The summed E-state index contributed by atoms with van der Waals surface area (Å²) in [5, 5.41) is 9.78. The Kier molecular flexibility index (Phi) is 8.05. The fourth-order valence-electron chi connectivity index (χ4n) is 1.37. The van der Waals surface area contributed by atoms with Gasteiger partial charge in [0.05, 0.1) is 31.7 Å². The molecule has 0 saturated heterocycles. The molecule has 98 valence electrons. The van der Waals surface area contributed by atoms with Gasteiger partial charge in [-0.15, -0.1) is 6.58 Å². The molecule has 0 amide bonds. The van der Waals surface area contributed by atoms with Gasteiger partial charge in [-0.1, -0.05) is 6.08 Å². The van der Waals surface area contributed by atoms with E-state index in [0.29, 0.717) is 0 Å². The Morgan fingerprint density at radius 3 is 2.35 bits per heavy atom. The summed E-state index contributed by atoms with van der Waals surface area (Å²) in [6, 6.07) is 0. The fourth-order valence-corrected chi connectivity index (χ4v) is 1.37. The Morgan fingerprint density at radius 1 is 1.29 bits per heavy atom. The number of aliphatic hydroxyl groups excluding tert-OH is 1. The first kappa shape index (κ1) is 15.6. The Labute approximate surface area is 101 Å².